The van der Waals surface area contributed by atoms with Crippen LogP contribution in [0.25, 0.3) is 0 Å². The van der Waals surface area contributed by atoms with Crippen LogP contribution in [-0.2, 0) is 4.74 Å². The van der Waals surface area contributed by atoms with Crippen LogP contribution < -0.4 is 51.4 Å². The number of nitrogens with zero attached hydrogens (tertiary/aromatic N) is 1. The van der Waals surface area contributed by atoms with E-state index in [-0.39, 0.29) is 51.4 Å². The third-order valence-corrected chi connectivity index (χ3v) is 1.67. The summed E-state index contributed by atoms with van der Waals surface area (Å²) in [5.74, 6) is 0. The Balaban J connectivity index is 0. The van der Waals surface area contributed by atoms with Gasteiger partial charge in [-0.25, -0.2) is 0 Å². The van der Waals surface area contributed by atoms with Gasteiger partial charge in [-0.3, -0.25) is 0 Å². The van der Waals surface area contributed by atoms with Gasteiger partial charge in [0.25, 0.3) is 0 Å². The minimum Gasteiger partial charge on any atom is -0.448 e. The zero-order valence-corrected chi connectivity index (χ0v) is 12.2. The number of halogens is 3. The third-order valence-electron chi connectivity index (χ3n) is 1.67. The molecule has 0 saturated carbocycles. The summed E-state index contributed by atoms with van der Waals surface area (Å²) in [5, 5.41) is 0. The van der Waals surface area contributed by atoms with Gasteiger partial charge in [0.15, 0.2) is 0 Å². The fourth-order valence-electron chi connectivity index (χ4n) is 1.01. The zero-order chi connectivity index (χ0) is 10.3. The SMILES string of the molecule is CCOCCN(CC)C[B-](F)(F)F.[K+]. The molecule has 0 rings (SSSR count). The number of hydrogen-bond acceptors (Lipinski definition) is 2. The van der Waals surface area contributed by atoms with Gasteiger partial charge in [-0.2, -0.15) is 0 Å². The van der Waals surface area contributed by atoms with Gasteiger partial charge >= 0.3 is 58.4 Å². The molecule has 0 atom stereocenters. The zero-order valence-electron chi connectivity index (χ0n) is 9.10. The molecule has 0 bridgehead atoms. The van der Waals surface area contributed by atoms with E-state index in [0.29, 0.717) is 26.3 Å². The second-order valence-corrected chi connectivity index (χ2v) is 2.80. The van der Waals surface area contributed by atoms with Crippen LogP contribution in [0.2, 0.25) is 0 Å². The van der Waals surface area contributed by atoms with Crippen LogP contribution in [0.15, 0.2) is 0 Å². The quantitative estimate of drug-likeness (QED) is 0.404. The predicted octanol–water partition coefficient (Wildman–Crippen LogP) is -1.26. The Morgan fingerprint density at radius 1 is 1.21 bits per heavy atom. The molecule has 7 heteroatoms. The van der Waals surface area contributed by atoms with Crippen LogP contribution in [0.4, 0.5) is 12.9 Å². The van der Waals surface area contributed by atoms with Crippen molar-refractivity contribution in [1.82, 2.24) is 4.90 Å². The largest absolute Gasteiger partial charge is 1.00 e. The van der Waals surface area contributed by atoms with Gasteiger partial charge in [-0.1, -0.05) is 6.92 Å². The molecule has 80 valence electrons. The van der Waals surface area contributed by atoms with Crippen molar-refractivity contribution in [2.45, 2.75) is 13.8 Å². The van der Waals surface area contributed by atoms with Gasteiger partial charge in [0.05, 0.1) is 6.61 Å². The number of likely N-dealkylation sites (N-methyl/N-ethyl adjacent to an activating group) is 1. The van der Waals surface area contributed by atoms with Crippen LogP contribution in [0.5, 0.6) is 0 Å². The second-order valence-electron chi connectivity index (χ2n) is 2.80. The molecule has 0 heterocycles. The first-order chi connectivity index (χ1) is 5.99. The normalized spacial score (nSPS) is 11.6. The summed E-state index contributed by atoms with van der Waals surface area (Å²) in [4.78, 5) is 1.34. The molecular weight excluding hydrogens is 221 g/mol. The average Bonchev–Trinajstić information content (AvgIpc) is 2.01. The van der Waals surface area contributed by atoms with Gasteiger partial charge < -0.3 is 22.6 Å². The molecule has 0 unspecified atom stereocenters. The number of hydrogen-bond donors (Lipinski definition) is 0. The molecule has 14 heavy (non-hydrogen) atoms. The summed E-state index contributed by atoms with van der Waals surface area (Å²) in [5.41, 5.74) is 0. The maximum Gasteiger partial charge on any atom is 1.00 e. The maximum atomic E-state index is 12.0. The molecule has 0 aliphatic carbocycles. The topological polar surface area (TPSA) is 12.5 Å². The Labute approximate surface area is 126 Å². The van der Waals surface area contributed by atoms with E-state index in [9.17, 15) is 12.9 Å². The monoisotopic (exact) mass is 237 g/mol. The molecule has 0 aromatic heterocycles. The van der Waals surface area contributed by atoms with E-state index in [1.165, 1.54) is 4.90 Å². The Bertz CT molecular complexity index is 137. The molecule has 0 aliphatic heterocycles. The van der Waals surface area contributed by atoms with Gasteiger partial charge in [0.1, 0.15) is 0 Å². The molecule has 0 aromatic carbocycles. The Kier molecular flexibility index (Phi) is 12.2. The van der Waals surface area contributed by atoms with E-state index in [4.69, 9.17) is 4.74 Å². The van der Waals surface area contributed by atoms with Gasteiger partial charge in [0.2, 0.25) is 0 Å². The summed E-state index contributed by atoms with van der Waals surface area (Å²) in [6.45, 7) is 0.521. The Hall–Kier alpha value is 1.41. The van der Waals surface area contributed by atoms with E-state index in [1.807, 2.05) is 6.92 Å². The van der Waals surface area contributed by atoms with Gasteiger partial charge in [0, 0.05) is 13.2 Å². The first kappa shape index (κ1) is 17.8. The van der Waals surface area contributed by atoms with Crippen LogP contribution in [0, 0.1) is 0 Å². The predicted molar refractivity (Wildman–Crippen MR) is 47.7 cm³/mol. The van der Waals surface area contributed by atoms with Crippen molar-refractivity contribution in [3.8, 4) is 0 Å². The summed E-state index contributed by atoms with van der Waals surface area (Å²) in [6.07, 6.45) is -0.788. The summed E-state index contributed by atoms with van der Waals surface area (Å²) in [6, 6.07) is 0. The molecule has 2 nitrogen and oxygen atoms in total. The average molecular weight is 237 g/mol. The van der Waals surface area contributed by atoms with Crippen molar-refractivity contribution in [3.63, 3.8) is 0 Å². The molecule has 0 amide bonds. The molecule has 0 aliphatic rings. The van der Waals surface area contributed by atoms with E-state index in [0.717, 1.165) is 0 Å². The van der Waals surface area contributed by atoms with Crippen molar-refractivity contribution in [3.05, 3.63) is 0 Å². The van der Waals surface area contributed by atoms with Crippen LogP contribution in [0.1, 0.15) is 13.8 Å². The molecule has 0 spiro atoms. The van der Waals surface area contributed by atoms with E-state index in [2.05, 4.69) is 0 Å². The van der Waals surface area contributed by atoms with Gasteiger partial charge in [-0.15, -0.1) is 0 Å². The van der Waals surface area contributed by atoms with Crippen molar-refractivity contribution < 1.29 is 69.1 Å². The van der Waals surface area contributed by atoms with Crippen molar-refractivity contribution in [2.24, 2.45) is 0 Å². The fraction of sp³-hybridized carbons (Fsp3) is 1.00. The smallest absolute Gasteiger partial charge is 0.448 e. The second kappa shape index (κ2) is 9.62. The maximum absolute atomic E-state index is 12.0. The molecular formula is C7H16BF3KNO. The van der Waals surface area contributed by atoms with E-state index >= 15 is 0 Å². The van der Waals surface area contributed by atoms with Gasteiger partial charge in [-0.05, 0) is 19.9 Å². The van der Waals surface area contributed by atoms with Crippen molar-refractivity contribution in [2.75, 3.05) is 32.7 Å². The molecule has 0 aromatic rings. The minimum atomic E-state index is -4.70. The molecule has 0 fully saturated rings. The Morgan fingerprint density at radius 3 is 2.14 bits per heavy atom. The first-order valence-electron chi connectivity index (χ1n) is 4.50. The molecule has 0 radical (unpaired) electrons. The summed E-state index contributed by atoms with van der Waals surface area (Å²) < 4.78 is 40.9. The number of ether oxygens (including phenoxy) is 1. The van der Waals surface area contributed by atoms with Crippen molar-refractivity contribution in [1.29, 1.82) is 0 Å². The minimum absolute atomic E-state index is 0. The molecule has 0 saturated heterocycles. The number of rotatable bonds is 7. The van der Waals surface area contributed by atoms with E-state index < -0.39 is 13.4 Å². The third kappa shape index (κ3) is 11.5. The van der Waals surface area contributed by atoms with E-state index in [1.54, 1.807) is 6.92 Å². The summed E-state index contributed by atoms with van der Waals surface area (Å²) in [7, 11) is 0. The van der Waals surface area contributed by atoms with Crippen LogP contribution >= 0.6 is 0 Å². The Morgan fingerprint density at radius 2 is 1.79 bits per heavy atom. The fourth-order valence-corrected chi connectivity index (χ4v) is 1.01. The van der Waals surface area contributed by atoms with Crippen molar-refractivity contribution >= 4 is 6.98 Å². The standard InChI is InChI=1S/C7H16BF3NO.K/c1-3-12(5-6-13-4-2)7-8(9,10)11;/h3-7H2,1-2H3;/q-1;+1. The molecule has 0 N–H and O–H groups in total. The van der Waals surface area contributed by atoms with Crippen LogP contribution in [0.3, 0.4) is 0 Å². The summed E-state index contributed by atoms with van der Waals surface area (Å²) >= 11 is 0. The first-order valence-corrected chi connectivity index (χ1v) is 4.50. The van der Waals surface area contributed by atoms with Crippen LogP contribution in [-0.4, -0.2) is 44.6 Å².